The molecule has 174 valence electrons. The molecule has 0 unspecified atom stereocenters. The van der Waals surface area contributed by atoms with E-state index in [2.05, 4.69) is 127 Å². The van der Waals surface area contributed by atoms with E-state index in [1.54, 1.807) is 0 Å². The Morgan fingerprint density at radius 3 is 2.33 bits per heavy atom. The average Bonchev–Trinajstić information content (AvgIpc) is 3.52. The lowest BCUT2D eigenvalue weighted by molar-refractivity contribution is 0.672. The Hall–Kier alpha value is -4.24. The van der Waals surface area contributed by atoms with Crippen LogP contribution in [-0.2, 0) is 5.41 Å². The van der Waals surface area contributed by atoms with Crippen molar-refractivity contribution in [3.05, 3.63) is 102 Å². The number of aromatic nitrogens is 1. The first-order valence-corrected chi connectivity index (χ1v) is 12.7. The molecule has 8 rings (SSSR count). The number of anilines is 2. The van der Waals surface area contributed by atoms with Gasteiger partial charge in [0.1, 0.15) is 0 Å². The molecule has 2 aliphatic rings. The zero-order valence-electron chi connectivity index (χ0n) is 20.8. The van der Waals surface area contributed by atoms with E-state index in [9.17, 15) is 0 Å². The molecule has 0 atom stereocenters. The van der Waals surface area contributed by atoms with E-state index in [0.29, 0.717) is 0 Å². The van der Waals surface area contributed by atoms with Gasteiger partial charge in [-0.15, -0.1) is 0 Å². The van der Waals surface area contributed by atoms with E-state index < -0.39 is 0 Å². The van der Waals surface area contributed by atoms with Crippen molar-refractivity contribution in [3.63, 3.8) is 0 Å². The summed E-state index contributed by atoms with van der Waals surface area (Å²) in [5.74, 6) is 0. The van der Waals surface area contributed by atoms with Gasteiger partial charge in [-0.1, -0.05) is 80.6 Å². The zero-order chi connectivity index (χ0) is 24.2. The largest absolute Gasteiger partial charge is 0.366 e. The van der Waals surface area contributed by atoms with Gasteiger partial charge in [-0.05, 0) is 57.3 Å². The van der Waals surface area contributed by atoms with Gasteiger partial charge >= 0.3 is 0 Å². The first-order valence-electron chi connectivity index (χ1n) is 12.7. The molecule has 5 aromatic carbocycles. The lowest BCUT2D eigenvalue weighted by Crippen LogP contribution is -2.17. The Labute approximate surface area is 210 Å². The number of fused-ring (bicyclic) bond motifs is 10. The molecule has 36 heavy (non-hydrogen) atoms. The van der Waals surface area contributed by atoms with Gasteiger partial charge in [0.2, 0.25) is 0 Å². The van der Waals surface area contributed by atoms with Crippen LogP contribution in [0.2, 0.25) is 0 Å². The van der Waals surface area contributed by atoms with E-state index in [4.69, 9.17) is 0 Å². The summed E-state index contributed by atoms with van der Waals surface area (Å²) in [5, 5.41) is 8.91. The second-order valence-corrected chi connectivity index (χ2v) is 10.8. The Balaban J connectivity index is 1.53. The summed E-state index contributed by atoms with van der Waals surface area (Å²) in [7, 11) is 2.17. The summed E-state index contributed by atoms with van der Waals surface area (Å²) in [6.07, 6.45) is 0. The molecule has 0 saturated heterocycles. The molecule has 0 bridgehead atoms. The van der Waals surface area contributed by atoms with Crippen molar-refractivity contribution < 1.29 is 0 Å². The van der Waals surface area contributed by atoms with Crippen molar-refractivity contribution in [1.29, 1.82) is 0 Å². The van der Waals surface area contributed by atoms with Crippen LogP contribution < -0.4 is 10.2 Å². The monoisotopic (exact) mass is 465 g/mol. The summed E-state index contributed by atoms with van der Waals surface area (Å²) >= 11 is 0. The van der Waals surface area contributed by atoms with E-state index >= 15 is 0 Å². The van der Waals surface area contributed by atoms with Crippen LogP contribution in [0.5, 0.6) is 0 Å². The molecule has 0 fully saturated rings. The zero-order valence-corrected chi connectivity index (χ0v) is 20.8. The molecule has 1 aliphatic heterocycles. The van der Waals surface area contributed by atoms with Gasteiger partial charge in [0.05, 0.1) is 34.8 Å². The number of hydrogen-bond donors (Lipinski definition) is 1. The molecule has 3 heteroatoms. The normalized spacial score (nSPS) is 15.4. The summed E-state index contributed by atoms with van der Waals surface area (Å²) in [6.45, 7) is 5.65. The van der Waals surface area contributed by atoms with Gasteiger partial charge in [-0.3, -0.25) is 0 Å². The molecule has 2 heterocycles. The van der Waals surface area contributed by atoms with Crippen LogP contribution in [0.1, 0.15) is 25.0 Å². The summed E-state index contributed by atoms with van der Waals surface area (Å²) in [5.41, 5.74) is 11.7. The highest BCUT2D eigenvalue weighted by atomic mass is 15.3. The van der Waals surface area contributed by atoms with Gasteiger partial charge in [0.25, 0.3) is 0 Å². The van der Waals surface area contributed by atoms with E-state index in [1.807, 2.05) is 0 Å². The summed E-state index contributed by atoms with van der Waals surface area (Å²) < 4.78 is 2.48. The van der Waals surface area contributed by atoms with Crippen molar-refractivity contribution in [2.24, 2.45) is 0 Å². The maximum Gasteiger partial charge on any atom is 0.0875 e. The fourth-order valence-electron chi connectivity index (χ4n) is 7.03. The minimum atomic E-state index is -0.114. The second kappa shape index (κ2) is 6.70. The Morgan fingerprint density at radius 2 is 1.44 bits per heavy atom. The van der Waals surface area contributed by atoms with Gasteiger partial charge in [-0.2, -0.15) is 0 Å². The van der Waals surface area contributed by atoms with Crippen LogP contribution in [-0.4, -0.2) is 18.3 Å². The van der Waals surface area contributed by atoms with Crippen LogP contribution in [0.25, 0.3) is 49.4 Å². The van der Waals surface area contributed by atoms with Crippen molar-refractivity contribution in [3.8, 4) is 16.8 Å². The fourth-order valence-corrected chi connectivity index (χ4v) is 7.03. The topological polar surface area (TPSA) is 20.2 Å². The van der Waals surface area contributed by atoms with Gasteiger partial charge in [0.15, 0.2) is 0 Å². The van der Waals surface area contributed by atoms with Gasteiger partial charge in [-0.25, -0.2) is 0 Å². The number of rotatable bonds is 1. The third-order valence-electron chi connectivity index (χ3n) is 8.45. The Bertz CT molecular complexity index is 1890. The third kappa shape index (κ3) is 2.33. The van der Waals surface area contributed by atoms with Crippen LogP contribution >= 0.6 is 0 Å². The number of nitrogens with zero attached hydrogens (tertiary/aromatic N) is 2. The predicted octanol–water partition coefficient (Wildman–Crippen LogP) is 8.06. The quantitative estimate of drug-likeness (QED) is 0.265. The Kier molecular flexibility index (Phi) is 3.72. The number of nitrogens with one attached hydrogen (secondary N) is 1. The van der Waals surface area contributed by atoms with E-state index in [1.165, 1.54) is 71.9 Å². The van der Waals surface area contributed by atoms with Crippen molar-refractivity contribution in [2.45, 2.75) is 19.3 Å². The molecular weight excluding hydrogens is 438 g/mol. The highest BCUT2D eigenvalue weighted by Crippen LogP contribution is 2.55. The van der Waals surface area contributed by atoms with E-state index in [0.717, 1.165) is 6.67 Å². The third-order valence-corrected chi connectivity index (χ3v) is 8.45. The molecule has 0 amide bonds. The summed E-state index contributed by atoms with van der Waals surface area (Å²) in [6, 6.07) is 33.7. The smallest absolute Gasteiger partial charge is 0.0875 e. The second-order valence-electron chi connectivity index (χ2n) is 10.8. The molecule has 1 N–H and O–H groups in total. The molecule has 3 nitrogen and oxygen atoms in total. The van der Waals surface area contributed by atoms with E-state index in [-0.39, 0.29) is 5.41 Å². The lowest BCUT2D eigenvalue weighted by Gasteiger charge is -2.24. The highest BCUT2D eigenvalue weighted by molar-refractivity contribution is 6.15. The van der Waals surface area contributed by atoms with Crippen LogP contribution in [0.15, 0.2) is 91.0 Å². The molecule has 6 aromatic rings. The predicted molar refractivity (Wildman–Crippen MR) is 153 cm³/mol. The SMILES string of the molecule is CN1CNc2cccc(-n3c4ccccc4c4c5c(ccc43)-c3ccc4ccccc4c3C5(C)C)c21. The standard InChI is InChI=1S/C33H27N3/c1-33(2)30-21-10-5-4-9-20(21)15-16-22(30)23-17-18-27-29(31(23)33)24-11-6-7-13-26(24)36(27)28-14-8-12-25-32(28)35(3)19-34-25/h4-18,34H,19H2,1-3H3. The minimum absolute atomic E-state index is 0.114. The van der Waals surface area contributed by atoms with Crippen LogP contribution in [0.3, 0.4) is 0 Å². The summed E-state index contributed by atoms with van der Waals surface area (Å²) in [4.78, 5) is 2.31. The molecule has 1 aromatic heterocycles. The number of hydrogen-bond acceptors (Lipinski definition) is 2. The van der Waals surface area contributed by atoms with Crippen molar-refractivity contribution in [2.75, 3.05) is 23.9 Å². The maximum atomic E-state index is 3.54. The Morgan fingerprint density at radius 1 is 0.694 bits per heavy atom. The molecule has 1 aliphatic carbocycles. The molecule has 0 spiro atoms. The number of para-hydroxylation sites is 2. The molecule has 0 saturated carbocycles. The first kappa shape index (κ1) is 20.0. The fraction of sp³-hybridized carbons (Fsp3) is 0.152. The van der Waals surface area contributed by atoms with Gasteiger partial charge < -0.3 is 14.8 Å². The first-order chi connectivity index (χ1) is 17.6. The lowest BCUT2D eigenvalue weighted by atomic mass is 9.78. The molecular formula is C33H27N3. The average molecular weight is 466 g/mol. The molecule has 0 radical (unpaired) electrons. The maximum absolute atomic E-state index is 3.54. The van der Waals surface area contributed by atoms with Crippen LogP contribution in [0.4, 0.5) is 11.4 Å². The van der Waals surface area contributed by atoms with Gasteiger partial charge in [0, 0.05) is 23.2 Å². The van der Waals surface area contributed by atoms with Crippen molar-refractivity contribution >= 4 is 44.0 Å². The highest BCUT2D eigenvalue weighted by Gasteiger charge is 2.39. The van der Waals surface area contributed by atoms with Crippen molar-refractivity contribution in [1.82, 2.24) is 4.57 Å². The number of benzene rings is 5. The minimum Gasteiger partial charge on any atom is -0.366 e. The van der Waals surface area contributed by atoms with Crippen LogP contribution in [0, 0.1) is 0 Å².